The number of phenols is 1. The van der Waals surface area contributed by atoms with Crippen molar-refractivity contribution in [2.75, 3.05) is 20.2 Å². The zero-order chi connectivity index (χ0) is 11.8. The van der Waals surface area contributed by atoms with E-state index < -0.39 is 0 Å². The molecule has 2 heterocycles. The maximum atomic E-state index is 9.82. The second kappa shape index (κ2) is 4.22. The number of aromatic hydroxyl groups is 1. The number of rotatable bonds is 1. The Hall–Kier alpha value is -1.22. The van der Waals surface area contributed by atoms with Crippen LogP contribution in [0.5, 0.6) is 11.5 Å². The van der Waals surface area contributed by atoms with Crippen molar-refractivity contribution in [2.24, 2.45) is 0 Å². The lowest BCUT2D eigenvalue weighted by Crippen LogP contribution is -2.38. The molecule has 1 aromatic carbocycles. The SMILES string of the molecule is COc1cc2c(cc1O)CCN1CCCCC21. The number of fused-ring (bicyclic) bond motifs is 3. The number of piperidine rings is 1. The number of nitrogens with zero attached hydrogens (tertiary/aromatic N) is 1. The zero-order valence-electron chi connectivity index (χ0n) is 10.3. The first-order valence-electron chi connectivity index (χ1n) is 6.43. The fourth-order valence-electron chi connectivity index (χ4n) is 3.19. The summed E-state index contributed by atoms with van der Waals surface area (Å²) in [6.07, 6.45) is 4.91. The largest absolute Gasteiger partial charge is 0.504 e. The van der Waals surface area contributed by atoms with Gasteiger partial charge in [-0.1, -0.05) is 6.42 Å². The molecular formula is C14H19NO2. The Morgan fingerprint density at radius 1 is 1.29 bits per heavy atom. The van der Waals surface area contributed by atoms with Gasteiger partial charge in [0.25, 0.3) is 0 Å². The van der Waals surface area contributed by atoms with Gasteiger partial charge in [0.2, 0.25) is 0 Å². The highest BCUT2D eigenvalue weighted by atomic mass is 16.5. The smallest absolute Gasteiger partial charge is 0.160 e. The van der Waals surface area contributed by atoms with E-state index in [0.717, 1.165) is 13.0 Å². The molecule has 1 N–H and O–H groups in total. The van der Waals surface area contributed by atoms with Gasteiger partial charge in [0.15, 0.2) is 11.5 Å². The normalized spacial score (nSPS) is 23.9. The van der Waals surface area contributed by atoms with Gasteiger partial charge >= 0.3 is 0 Å². The van der Waals surface area contributed by atoms with Crippen LogP contribution in [0.2, 0.25) is 0 Å². The summed E-state index contributed by atoms with van der Waals surface area (Å²) in [4.78, 5) is 2.57. The van der Waals surface area contributed by atoms with Crippen LogP contribution >= 0.6 is 0 Å². The quantitative estimate of drug-likeness (QED) is 0.809. The van der Waals surface area contributed by atoms with Gasteiger partial charge in [0.05, 0.1) is 7.11 Å². The van der Waals surface area contributed by atoms with Crippen LogP contribution in [0.4, 0.5) is 0 Å². The van der Waals surface area contributed by atoms with Crippen molar-refractivity contribution in [3.8, 4) is 11.5 Å². The Bertz CT molecular complexity index is 430. The second-order valence-corrected chi connectivity index (χ2v) is 5.02. The molecule has 0 amide bonds. The maximum absolute atomic E-state index is 9.82. The van der Waals surface area contributed by atoms with Crippen molar-refractivity contribution < 1.29 is 9.84 Å². The van der Waals surface area contributed by atoms with Crippen LogP contribution in [0.1, 0.15) is 36.4 Å². The second-order valence-electron chi connectivity index (χ2n) is 5.02. The minimum atomic E-state index is 0.274. The van der Waals surface area contributed by atoms with Crippen LogP contribution in [-0.4, -0.2) is 30.2 Å². The molecule has 17 heavy (non-hydrogen) atoms. The highest BCUT2D eigenvalue weighted by Crippen LogP contribution is 2.41. The topological polar surface area (TPSA) is 32.7 Å². The molecule has 2 aliphatic heterocycles. The average Bonchev–Trinajstić information content (AvgIpc) is 2.37. The average molecular weight is 233 g/mol. The fraction of sp³-hybridized carbons (Fsp3) is 0.571. The summed E-state index contributed by atoms with van der Waals surface area (Å²) in [5, 5.41) is 9.82. The van der Waals surface area contributed by atoms with E-state index in [0.29, 0.717) is 11.8 Å². The highest BCUT2D eigenvalue weighted by Gasteiger charge is 2.30. The first-order valence-corrected chi connectivity index (χ1v) is 6.43. The molecule has 92 valence electrons. The van der Waals surface area contributed by atoms with Gasteiger partial charge in [-0.15, -0.1) is 0 Å². The lowest BCUT2D eigenvalue weighted by atomic mass is 9.86. The third-order valence-corrected chi connectivity index (χ3v) is 4.08. The van der Waals surface area contributed by atoms with Crippen LogP contribution in [0.25, 0.3) is 0 Å². The van der Waals surface area contributed by atoms with Gasteiger partial charge in [-0.05, 0) is 49.1 Å². The van der Waals surface area contributed by atoms with Gasteiger partial charge in [-0.25, -0.2) is 0 Å². The van der Waals surface area contributed by atoms with Gasteiger partial charge in [0.1, 0.15) is 0 Å². The Balaban J connectivity index is 2.02. The predicted octanol–water partition coefficient (Wildman–Crippen LogP) is 2.48. The van der Waals surface area contributed by atoms with Gasteiger partial charge in [-0.3, -0.25) is 4.90 Å². The van der Waals surface area contributed by atoms with E-state index in [2.05, 4.69) is 4.90 Å². The predicted molar refractivity (Wildman–Crippen MR) is 66.5 cm³/mol. The standard InChI is InChI=1S/C14H19NO2/c1-17-14-9-11-10(8-13(14)16)5-7-15-6-3-2-4-12(11)15/h8-9,12,16H,2-7H2,1H3. The summed E-state index contributed by atoms with van der Waals surface area (Å²) >= 11 is 0. The van der Waals surface area contributed by atoms with E-state index in [1.165, 1.54) is 36.9 Å². The van der Waals surface area contributed by atoms with Crippen molar-refractivity contribution in [3.05, 3.63) is 23.3 Å². The number of ether oxygens (including phenoxy) is 1. The molecule has 0 bridgehead atoms. The Morgan fingerprint density at radius 3 is 3.00 bits per heavy atom. The minimum Gasteiger partial charge on any atom is -0.504 e. The summed E-state index contributed by atoms with van der Waals surface area (Å²) in [7, 11) is 1.61. The molecule has 1 atom stereocenters. The summed E-state index contributed by atoms with van der Waals surface area (Å²) in [5.41, 5.74) is 2.66. The van der Waals surface area contributed by atoms with Crippen molar-refractivity contribution >= 4 is 0 Å². The van der Waals surface area contributed by atoms with E-state index in [1.807, 2.05) is 12.1 Å². The number of methoxy groups -OCH3 is 1. The van der Waals surface area contributed by atoms with Crippen LogP contribution in [0, 0.1) is 0 Å². The van der Waals surface area contributed by atoms with Crippen LogP contribution in [-0.2, 0) is 6.42 Å². The summed E-state index contributed by atoms with van der Waals surface area (Å²) in [6.45, 7) is 2.34. The van der Waals surface area contributed by atoms with E-state index in [4.69, 9.17) is 4.74 Å². The van der Waals surface area contributed by atoms with Gasteiger partial charge in [-0.2, -0.15) is 0 Å². The molecular weight excluding hydrogens is 214 g/mol. The molecule has 1 aromatic rings. The maximum Gasteiger partial charge on any atom is 0.160 e. The first kappa shape index (κ1) is 10.9. The third-order valence-electron chi connectivity index (χ3n) is 4.08. The molecule has 0 spiro atoms. The summed E-state index contributed by atoms with van der Waals surface area (Å²) < 4.78 is 5.22. The van der Waals surface area contributed by atoms with Crippen LogP contribution < -0.4 is 4.74 Å². The molecule has 3 rings (SSSR count). The molecule has 1 unspecified atom stereocenters. The van der Waals surface area contributed by atoms with Crippen LogP contribution in [0.15, 0.2) is 12.1 Å². The molecule has 0 saturated carbocycles. The Labute approximate surface area is 102 Å². The molecule has 2 aliphatic rings. The molecule has 1 fully saturated rings. The lowest BCUT2D eigenvalue weighted by Gasteiger charge is -2.40. The van der Waals surface area contributed by atoms with Crippen molar-refractivity contribution in [1.82, 2.24) is 4.90 Å². The number of phenolic OH excluding ortho intramolecular Hbond substituents is 1. The molecule has 3 heteroatoms. The lowest BCUT2D eigenvalue weighted by molar-refractivity contribution is 0.138. The number of hydrogen-bond donors (Lipinski definition) is 1. The Kier molecular flexibility index (Phi) is 2.71. The fourth-order valence-corrected chi connectivity index (χ4v) is 3.19. The van der Waals surface area contributed by atoms with Gasteiger partial charge < -0.3 is 9.84 Å². The first-order chi connectivity index (χ1) is 8.29. The van der Waals surface area contributed by atoms with E-state index in [-0.39, 0.29) is 5.75 Å². The monoisotopic (exact) mass is 233 g/mol. The molecule has 0 aliphatic carbocycles. The van der Waals surface area contributed by atoms with Crippen molar-refractivity contribution in [3.63, 3.8) is 0 Å². The van der Waals surface area contributed by atoms with E-state index >= 15 is 0 Å². The summed E-state index contributed by atoms with van der Waals surface area (Å²) in [6, 6.07) is 4.47. The van der Waals surface area contributed by atoms with E-state index in [9.17, 15) is 5.11 Å². The van der Waals surface area contributed by atoms with Crippen LogP contribution in [0.3, 0.4) is 0 Å². The highest BCUT2D eigenvalue weighted by molar-refractivity contribution is 5.48. The number of hydrogen-bond acceptors (Lipinski definition) is 3. The summed E-state index contributed by atoms with van der Waals surface area (Å²) in [5.74, 6) is 0.881. The van der Waals surface area contributed by atoms with Crippen molar-refractivity contribution in [1.29, 1.82) is 0 Å². The van der Waals surface area contributed by atoms with Crippen molar-refractivity contribution in [2.45, 2.75) is 31.7 Å². The zero-order valence-corrected chi connectivity index (χ0v) is 10.3. The third kappa shape index (κ3) is 1.78. The Morgan fingerprint density at radius 2 is 2.18 bits per heavy atom. The molecule has 3 nitrogen and oxygen atoms in total. The minimum absolute atomic E-state index is 0.274. The van der Waals surface area contributed by atoms with E-state index in [1.54, 1.807) is 7.11 Å². The molecule has 1 saturated heterocycles. The molecule has 0 aromatic heterocycles. The molecule has 0 radical (unpaired) electrons. The van der Waals surface area contributed by atoms with Gasteiger partial charge in [0, 0.05) is 12.6 Å². The number of benzene rings is 1.